The van der Waals surface area contributed by atoms with Crippen LogP contribution in [0.3, 0.4) is 0 Å². The Morgan fingerprint density at radius 2 is 1.47 bits per heavy atom. The van der Waals surface area contributed by atoms with Crippen LogP contribution >= 0.6 is 0 Å². The quantitative estimate of drug-likeness (QED) is 0.166. The highest BCUT2D eigenvalue weighted by atomic mass is 16.5. The smallest absolute Gasteiger partial charge is 0.124 e. The highest BCUT2D eigenvalue weighted by molar-refractivity contribution is 5.84. The van der Waals surface area contributed by atoms with E-state index in [9.17, 15) is 5.11 Å². The number of phenols is 1. The molecule has 2 aromatic carbocycles. The highest BCUT2D eigenvalue weighted by Crippen LogP contribution is 2.25. The first kappa shape index (κ1) is 25.5. The Kier molecular flexibility index (Phi) is 12.7. The largest absolute Gasteiger partial charge is 0.507 e. The van der Waals surface area contributed by atoms with E-state index in [4.69, 9.17) is 9.84 Å². The Morgan fingerprint density at radius 3 is 2.19 bits per heavy atom. The number of rotatable bonds is 16. The number of unbranched alkanes of at least 4 members (excludes halogenated alkanes) is 7. The number of nitrogens with zero attached hydrogens (tertiary/aromatic N) is 3. The molecule has 0 aromatic heterocycles. The minimum absolute atomic E-state index is 0.0978. The Balaban J connectivity index is 1.74. The molecule has 0 spiro atoms. The number of phenolic OH excluding ortho intramolecular Hbond substituents is 1. The van der Waals surface area contributed by atoms with Crippen LogP contribution in [0.5, 0.6) is 11.5 Å². The molecule has 0 aliphatic heterocycles. The topological polar surface area (TPSA) is 86.8 Å². The predicted molar refractivity (Wildman–Crippen MR) is 131 cm³/mol. The van der Waals surface area contributed by atoms with Crippen molar-refractivity contribution in [1.29, 1.82) is 0 Å². The normalized spacial score (nSPS) is 11.6. The van der Waals surface area contributed by atoms with Gasteiger partial charge in [0, 0.05) is 24.9 Å². The number of aliphatic hydroxyl groups excluding tert-OH is 1. The third kappa shape index (κ3) is 10.5. The number of aliphatic hydroxyl groups is 1. The molecule has 0 heterocycles. The van der Waals surface area contributed by atoms with Gasteiger partial charge in [0.1, 0.15) is 11.5 Å². The zero-order valence-corrected chi connectivity index (χ0v) is 19.2. The molecule has 6 nitrogen and oxygen atoms in total. The van der Waals surface area contributed by atoms with Gasteiger partial charge in [-0.15, -0.1) is 0 Å². The Bertz CT molecular complexity index is 820. The van der Waals surface area contributed by atoms with E-state index < -0.39 is 0 Å². The predicted octanol–water partition coefficient (Wildman–Crippen LogP) is 7.13. The van der Waals surface area contributed by atoms with Crippen LogP contribution in [-0.4, -0.2) is 36.2 Å². The molecule has 0 saturated heterocycles. The maximum atomic E-state index is 9.94. The van der Waals surface area contributed by atoms with Crippen molar-refractivity contribution in [3.63, 3.8) is 0 Å². The van der Waals surface area contributed by atoms with Crippen LogP contribution < -0.4 is 4.74 Å². The summed E-state index contributed by atoms with van der Waals surface area (Å²) in [7, 11) is 0. The molecule has 2 N–H and O–H groups in total. The van der Waals surface area contributed by atoms with Crippen molar-refractivity contribution in [2.24, 2.45) is 15.2 Å². The van der Waals surface area contributed by atoms with Crippen molar-refractivity contribution in [2.45, 2.75) is 64.7 Å². The lowest BCUT2D eigenvalue weighted by Crippen LogP contribution is -1.96. The first-order valence-electron chi connectivity index (χ1n) is 11.8. The zero-order valence-electron chi connectivity index (χ0n) is 19.2. The van der Waals surface area contributed by atoms with Crippen molar-refractivity contribution in [2.75, 3.05) is 19.8 Å². The molecule has 0 bridgehead atoms. The van der Waals surface area contributed by atoms with Gasteiger partial charge in [-0.05, 0) is 55.3 Å². The van der Waals surface area contributed by atoms with Crippen LogP contribution in [0.4, 0.5) is 11.4 Å². The average molecular weight is 440 g/mol. The van der Waals surface area contributed by atoms with E-state index in [-0.39, 0.29) is 12.4 Å². The summed E-state index contributed by atoms with van der Waals surface area (Å²) in [5.74, 6) is 0.979. The summed E-state index contributed by atoms with van der Waals surface area (Å²) in [5.41, 5.74) is 1.93. The maximum absolute atomic E-state index is 9.94. The van der Waals surface area contributed by atoms with Crippen molar-refractivity contribution in [1.82, 2.24) is 0 Å². The van der Waals surface area contributed by atoms with E-state index in [1.165, 1.54) is 44.9 Å². The monoisotopic (exact) mass is 439 g/mol. The molecule has 0 aliphatic carbocycles. The van der Waals surface area contributed by atoms with Crippen LogP contribution in [0.1, 0.15) is 70.3 Å². The van der Waals surface area contributed by atoms with E-state index >= 15 is 0 Å². The van der Waals surface area contributed by atoms with E-state index in [2.05, 4.69) is 22.1 Å². The van der Waals surface area contributed by atoms with Gasteiger partial charge in [-0.2, -0.15) is 10.2 Å². The molecule has 0 aliphatic rings. The summed E-state index contributed by atoms with van der Waals surface area (Å²) in [6, 6.07) is 12.6. The molecule has 0 fully saturated rings. The number of aromatic hydroxyl groups is 1. The van der Waals surface area contributed by atoms with Crippen molar-refractivity contribution in [3.8, 4) is 11.5 Å². The van der Waals surface area contributed by atoms with Gasteiger partial charge in [-0.3, -0.25) is 4.99 Å². The second-order valence-electron chi connectivity index (χ2n) is 7.87. The number of benzene rings is 2. The molecule has 2 rings (SSSR count). The molecule has 0 unspecified atom stereocenters. The molecule has 2 aromatic rings. The van der Waals surface area contributed by atoms with Crippen LogP contribution in [0.25, 0.3) is 0 Å². The number of aliphatic imine (C=N–C) groups is 1. The Morgan fingerprint density at radius 1 is 0.812 bits per heavy atom. The van der Waals surface area contributed by atoms with Gasteiger partial charge >= 0.3 is 0 Å². The zero-order chi connectivity index (χ0) is 22.9. The number of hydrogen-bond donors (Lipinski definition) is 2. The lowest BCUT2D eigenvalue weighted by molar-refractivity contribution is 0.291. The summed E-state index contributed by atoms with van der Waals surface area (Å²) in [6.45, 7) is 3.60. The molecule has 174 valence electrons. The van der Waals surface area contributed by atoms with Gasteiger partial charge < -0.3 is 14.9 Å². The van der Waals surface area contributed by atoms with Crippen LogP contribution in [-0.2, 0) is 0 Å². The first-order valence-corrected chi connectivity index (χ1v) is 11.8. The molecule has 0 saturated carbocycles. The van der Waals surface area contributed by atoms with E-state index in [1.54, 1.807) is 24.4 Å². The fourth-order valence-electron chi connectivity index (χ4n) is 3.18. The maximum Gasteiger partial charge on any atom is 0.124 e. The van der Waals surface area contributed by atoms with Crippen LogP contribution in [0.2, 0.25) is 0 Å². The molecular formula is C26H37N3O3. The molecule has 6 heteroatoms. The summed E-state index contributed by atoms with van der Waals surface area (Å²) in [5, 5.41) is 27.3. The van der Waals surface area contributed by atoms with E-state index in [0.29, 0.717) is 24.2 Å². The van der Waals surface area contributed by atoms with Crippen molar-refractivity contribution < 1.29 is 14.9 Å². The molecule has 0 amide bonds. The van der Waals surface area contributed by atoms with Gasteiger partial charge in [-0.1, -0.05) is 51.9 Å². The number of azo groups is 1. The lowest BCUT2D eigenvalue weighted by Gasteiger charge is -2.06. The van der Waals surface area contributed by atoms with Gasteiger partial charge in [0.2, 0.25) is 0 Å². The van der Waals surface area contributed by atoms with E-state index in [0.717, 1.165) is 24.5 Å². The highest BCUT2D eigenvalue weighted by Gasteiger charge is 2.01. The minimum Gasteiger partial charge on any atom is -0.507 e. The lowest BCUT2D eigenvalue weighted by atomic mass is 10.1. The molecular weight excluding hydrogens is 402 g/mol. The van der Waals surface area contributed by atoms with Gasteiger partial charge in [0.15, 0.2) is 0 Å². The van der Waals surface area contributed by atoms with Gasteiger partial charge in [0.25, 0.3) is 0 Å². The SMILES string of the molecule is CCCCCCCCCCOc1ccc(N=Nc2ccc(O)c(C=NCCCO)c2)cc1. The van der Waals surface area contributed by atoms with Crippen LogP contribution in [0, 0.1) is 0 Å². The average Bonchev–Trinajstić information content (AvgIpc) is 2.81. The summed E-state index contributed by atoms with van der Waals surface area (Å²) < 4.78 is 5.82. The first-order chi connectivity index (χ1) is 15.7. The second kappa shape index (κ2) is 16.0. The Labute approximate surface area is 192 Å². The second-order valence-corrected chi connectivity index (χ2v) is 7.87. The summed E-state index contributed by atoms with van der Waals surface area (Å²) >= 11 is 0. The third-order valence-corrected chi connectivity index (χ3v) is 5.07. The van der Waals surface area contributed by atoms with E-state index in [1.807, 2.05) is 24.3 Å². The molecule has 32 heavy (non-hydrogen) atoms. The molecule has 0 radical (unpaired) electrons. The number of ether oxygens (including phenoxy) is 1. The van der Waals surface area contributed by atoms with Gasteiger partial charge in [-0.25, -0.2) is 0 Å². The third-order valence-electron chi connectivity index (χ3n) is 5.07. The minimum atomic E-state index is 0.0978. The Hall–Kier alpha value is -2.73. The standard InChI is InChI=1S/C26H37N3O3/c1-2-3-4-5-6-7-8-9-19-32-25-14-11-23(12-15-25)28-29-24-13-16-26(31)22(20-24)21-27-17-10-18-30/h11-16,20-21,30-31H,2-10,17-19H2,1H3. The summed E-state index contributed by atoms with van der Waals surface area (Å²) in [6.07, 6.45) is 12.5. The van der Waals surface area contributed by atoms with Gasteiger partial charge in [0.05, 0.1) is 18.0 Å². The fourth-order valence-corrected chi connectivity index (χ4v) is 3.18. The number of hydrogen-bond acceptors (Lipinski definition) is 6. The fraction of sp³-hybridized carbons (Fsp3) is 0.500. The van der Waals surface area contributed by atoms with Crippen LogP contribution in [0.15, 0.2) is 57.7 Å². The van der Waals surface area contributed by atoms with Crippen molar-refractivity contribution >= 4 is 17.6 Å². The summed E-state index contributed by atoms with van der Waals surface area (Å²) in [4.78, 5) is 4.19. The molecule has 0 atom stereocenters. The van der Waals surface area contributed by atoms with Crippen molar-refractivity contribution in [3.05, 3.63) is 48.0 Å².